The lowest BCUT2D eigenvalue weighted by Gasteiger charge is -2.11. The molecular formula is C15H21NO2. The number of nitrogens with two attached hydrogens (primary N) is 1. The van der Waals surface area contributed by atoms with Gasteiger partial charge in [0.05, 0.1) is 19.3 Å². The number of hydrogen-bond acceptors (Lipinski definition) is 3. The normalized spacial score (nSPS) is 26.1. The second kappa shape index (κ2) is 5.29. The lowest BCUT2D eigenvalue weighted by atomic mass is 10.1. The van der Waals surface area contributed by atoms with Crippen molar-refractivity contribution in [1.29, 1.82) is 0 Å². The van der Waals surface area contributed by atoms with E-state index in [1.165, 1.54) is 11.1 Å². The number of hydrogen-bond donors (Lipinski definition) is 1. The van der Waals surface area contributed by atoms with Crippen LogP contribution in [0.25, 0.3) is 0 Å². The van der Waals surface area contributed by atoms with Crippen LogP contribution in [0.4, 0.5) is 0 Å². The van der Waals surface area contributed by atoms with Crippen molar-refractivity contribution in [1.82, 2.24) is 0 Å². The smallest absolute Gasteiger partial charge is 0.122 e. The standard InChI is InChI=1S/C15H21NO2/c16-13-2-3-14(10-13)17-7-5-11-1-4-15-12(9-11)6-8-18-15/h1,4,9,13-14H,2-3,5-8,10,16H2. The summed E-state index contributed by atoms with van der Waals surface area (Å²) < 4.78 is 11.4. The van der Waals surface area contributed by atoms with Crippen LogP contribution < -0.4 is 10.5 Å². The van der Waals surface area contributed by atoms with E-state index in [9.17, 15) is 0 Å². The predicted octanol–water partition coefficient (Wildman–Crippen LogP) is 2.06. The average Bonchev–Trinajstić information content (AvgIpc) is 2.97. The molecule has 98 valence electrons. The van der Waals surface area contributed by atoms with Crippen LogP contribution in [0.15, 0.2) is 18.2 Å². The Labute approximate surface area is 108 Å². The molecule has 1 fully saturated rings. The molecule has 2 aliphatic rings. The Morgan fingerprint density at radius 2 is 2.28 bits per heavy atom. The SMILES string of the molecule is NC1CCC(OCCc2ccc3c(c2)CCO3)C1. The van der Waals surface area contributed by atoms with Gasteiger partial charge < -0.3 is 15.2 Å². The second-order valence-corrected chi connectivity index (χ2v) is 5.36. The lowest BCUT2D eigenvalue weighted by Crippen LogP contribution is -2.18. The number of benzene rings is 1. The highest BCUT2D eigenvalue weighted by atomic mass is 16.5. The topological polar surface area (TPSA) is 44.5 Å². The molecule has 2 N–H and O–H groups in total. The van der Waals surface area contributed by atoms with Crippen LogP contribution in [0.2, 0.25) is 0 Å². The van der Waals surface area contributed by atoms with Gasteiger partial charge in [-0.3, -0.25) is 0 Å². The van der Waals surface area contributed by atoms with E-state index in [1.807, 2.05) is 0 Å². The molecule has 1 saturated carbocycles. The van der Waals surface area contributed by atoms with Crippen molar-refractivity contribution in [2.75, 3.05) is 13.2 Å². The summed E-state index contributed by atoms with van der Waals surface area (Å²) in [4.78, 5) is 0. The van der Waals surface area contributed by atoms with E-state index < -0.39 is 0 Å². The van der Waals surface area contributed by atoms with E-state index in [0.717, 1.165) is 51.1 Å². The molecule has 1 aromatic carbocycles. The Morgan fingerprint density at radius 1 is 1.33 bits per heavy atom. The van der Waals surface area contributed by atoms with Crippen LogP contribution in [0, 0.1) is 0 Å². The first kappa shape index (κ1) is 12.0. The molecule has 2 atom stereocenters. The Bertz CT molecular complexity index is 419. The first-order chi connectivity index (χ1) is 8.81. The minimum absolute atomic E-state index is 0.354. The zero-order chi connectivity index (χ0) is 12.4. The Morgan fingerprint density at radius 3 is 3.11 bits per heavy atom. The molecule has 1 aliphatic carbocycles. The summed E-state index contributed by atoms with van der Waals surface area (Å²) in [7, 11) is 0. The van der Waals surface area contributed by atoms with Gasteiger partial charge in [0.15, 0.2) is 0 Å². The summed E-state index contributed by atoms with van der Waals surface area (Å²) in [5.41, 5.74) is 8.57. The molecule has 1 heterocycles. The molecule has 3 nitrogen and oxygen atoms in total. The summed E-state index contributed by atoms with van der Waals surface area (Å²) in [6, 6.07) is 6.84. The summed E-state index contributed by atoms with van der Waals surface area (Å²) in [6.45, 7) is 1.63. The fourth-order valence-electron chi connectivity index (χ4n) is 2.86. The molecule has 1 aromatic rings. The quantitative estimate of drug-likeness (QED) is 0.885. The summed E-state index contributed by atoms with van der Waals surface area (Å²) in [5, 5.41) is 0. The molecule has 0 spiro atoms. The maximum Gasteiger partial charge on any atom is 0.122 e. The van der Waals surface area contributed by atoms with Gasteiger partial charge in [-0.2, -0.15) is 0 Å². The fraction of sp³-hybridized carbons (Fsp3) is 0.600. The average molecular weight is 247 g/mol. The van der Waals surface area contributed by atoms with Crippen LogP contribution in [-0.4, -0.2) is 25.4 Å². The van der Waals surface area contributed by atoms with Gasteiger partial charge in [-0.15, -0.1) is 0 Å². The molecule has 1 aliphatic heterocycles. The van der Waals surface area contributed by atoms with Crippen LogP contribution >= 0.6 is 0 Å². The Hall–Kier alpha value is -1.06. The van der Waals surface area contributed by atoms with Gasteiger partial charge in [0.25, 0.3) is 0 Å². The summed E-state index contributed by atoms with van der Waals surface area (Å²) >= 11 is 0. The molecule has 18 heavy (non-hydrogen) atoms. The molecular weight excluding hydrogens is 226 g/mol. The Kier molecular flexibility index (Phi) is 3.52. The highest BCUT2D eigenvalue weighted by molar-refractivity contribution is 5.39. The first-order valence-corrected chi connectivity index (χ1v) is 6.93. The molecule has 0 saturated heterocycles. The third-order valence-corrected chi connectivity index (χ3v) is 3.92. The van der Waals surface area contributed by atoms with Crippen LogP contribution in [0.1, 0.15) is 30.4 Å². The molecule has 0 radical (unpaired) electrons. The minimum Gasteiger partial charge on any atom is -0.493 e. The highest BCUT2D eigenvalue weighted by Gasteiger charge is 2.21. The van der Waals surface area contributed by atoms with Crippen molar-refractivity contribution in [2.45, 2.75) is 44.2 Å². The van der Waals surface area contributed by atoms with Crippen molar-refractivity contribution in [3.63, 3.8) is 0 Å². The Balaban J connectivity index is 1.48. The molecule has 3 rings (SSSR count). The van der Waals surface area contributed by atoms with E-state index in [4.69, 9.17) is 15.2 Å². The zero-order valence-corrected chi connectivity index (χ0v) is 10.7. The van der Waals surface area contributed by atoms with Crippen LogP contribution in [0.3, 0.4) is 0 Å². The number of ether oxygens (including phenoxy) is 2. The van der Waals surface area contributed by atoms with E-state index in [-0.39, 0.29) is 0 Å². The van der Waals surface area contributed by atoms with Crippen molar-refractivity contribution < 1.29 is 9.47 Å². The molecule has 0 amide bonds. The zero-order valence-electron chi connectivity index (χ0n) is 10.7. The number of fused-ring (bicyclic) bond motifs is 1. The van der Waals surface area contributed by atoms with Crippen molar-refractivity contribution >= 4 is 0 Å². The van der Waals surface area contributed by atoms with Gasteiger partial charge >= 0.3 is 0 Å². The third kappa shape index (κ3) is 2.68. The largest absolute Gasteiger partial charge is 0.493 e. The third-order valence-electron chi connectivity index (χ3n) is 3.92. The van der Waals surface area contributed by atoms with E-state index in [0.29, 0.717) is 12.1 Å². The number of rotatable bonds is 4. The maximum atomic E-state index is 5.89. The maximum absolute atomic E-state index is 5.89. The predicted molar refractivity (Wildman–Crippen MR) is 70.9 cm³/mol. The van der Waals surface area contributed by atoms with Gasteiger partial charge in [-0.1, -0.05) is 12.1 Å². The van der Waals surface area contributed by atoms with Crippen molar-refractivity contribution in [2.24, 2.45) is 5.73 Å². The van der Waals surface area contributed by atoms with Gasteiger partial charge in [0.1, 0.15) is 5.75 Å². The van der Waals surface area contributed by atoms with Gasteiger partial charge in [0, 0.05) is 12.5 Å². The van der Waals surface area contributed by atoms with Gasteiger partial charge in [0.2, 0.25) is 0 Å². The molecule has 0 aromatic heterocycles. The monoisotopic (exact) mass is 247 g/mol. The summed E-state index contributed by atoms with van der Waals surface area (Å²) in [6.07, 6.45) is 5.68. The van der Waals surface area contributed by atoms with E-state index in [1.54, 1.807) is 0 Å². The second-order valence-electron chi connectivity index (χ2n) is 5.36. The van der Waals surface area contributed by atoms with Crippen LogP contribution in [-0.2, 0) is 17.6 Å². The summed E-state index contributed by atoms with van der Waals surface area (Å²) in [5.74, 6) is 1.06. The first-order valence-electron chi connectivity index (χ1n) is 6.93. The van der Waals surface area contributed by atoms with E-state index in [2.05, 4.69) is 18.2 Å². The van der Waals surface area contributed by atoms with E-state index >= 15 is 0 Å². The molecule has 0 bridgehead atoms. The fourth-order valence-corrected chi connectivity index (χ4v) is 2.86. The highest BCUT2D eigenvalue weighted by Crippen LogP contribution is 2.26. The van der Waals surface area contributed by atoms with Gasteiger partial charge in [-0.25, -0.2) is 0 Å². The van der Waals surface area contributed by atoms with Gasteiger partial charge in [-0.05, 0) is 42.9 Å². The lowest BCUT2D eigenvalue weighted by molar-refractivity contribution is 0.0598. The minimum atomic E-state index is 0.354. The molecule has 2 unspecified atom stereocenters. The van der Waals surface area contributed by atoms with Crippen molar-refractivity contribution in [3.05, 3.63) is 29.3 Å². The van der Waals surface area contributed by atoms with Crippen LogP contribution in [0.5, 0.6) is 5.75 Å². The molecule has 3 heteroatoms. The van der Waals surface area contributed by atoms with Crippen molar-refractivity contribution in [3.8, 4) is 5.75 Å².